The van der Waals surface area contributed by atoms with Crippen molar-refractivity contribution >= 4 is 34.7 Å². The molecule has 0 saturated carbocycles. The highest BCUT2D eigenvalue weighted by Crippen LogP contribution is 2.32. The van der Waals surface area contributed by atoms with Crippen molar-refractivity contribution < 1.29 is 9.52 Å². The van der Waals surface area contributed by atoms with Crippen LogP contribution < -0.4 is 0 Å². The molecule has 1 aromatic carbocycles. The van der Waals surface area contributed by atoms with Crippen LogP contribution in [-0.4, -0.2) is 15.3 Å². The fraction of sp³-hybridized carbons (Fsp3) is 0.143. The largest absolute Gasteiger partial charge is 0.410 e. The van der Waals surface area contributed by atoms with Crippen LogP contribution in [-0.2, 0) is 12.4 Å². The molecule has 0 aliphatic rings. The Labute approximate surface area is 134 Å². The highest BCUT2D eigenvalue weighted by atomic mass is 35.5. The Hall–Kier alpha value is -1.34. The van der Waals surface area contributed by atoms with Gasteiger partial charge in [-0.15, -0.1) is 21.5 Å². The Morgan fingerprint density at radius 3 is 2.52 bits per heavy atom. The third-order valence-corrected chi connectivity index (χ3v) is 4.87. The molecule has 7 heteroatoms. The SMILES string of the molecule is OCc1ccc(CSc2nnc(-c3ccc(Cl)s3)o2)cc1. The summed E-state index contributed by atoms with van der Waals surface area (Å²) in [5, 5.41) is 17.6. The van der Waals surface area contributed by atoms with Gasteiger partial charge in [-0.2, -0.15) is 0 Å². The lowest BCUT2D eigenvalue weighted by Crippen LogP contribution is -1.85. The van der Waals surface area contributed by atoms with E-state index < -0.39 is 0 Å². The molecule has 0 saturated heterocycles. The molecule has 0 amide bonds. The molecule has 0 bridgehead atoms. The smallest absolute Gasteiger partial charge is 0.277 e. The van der Waals surface area contributed by atoms with Crippen molar-refractivity contribution in [1.82, 2.24) is 10.2 Å². The van der Waals surface area contributed by atoms with E-state index in [0.29, 0.717) is 15.4 Å². The van der Waals surface area contributed by atoms with Gasteiger partial charge in [-0.25, -0.2) is 0 Å². The molecule has 21 heavy (non-hydrogen) atoms. The van der Waals surface area contributed by atoms with Crippen molar-refractivity contribution in [3.8, 4) is 10.8 Å². The third-order valence-electron chi connectivity index (χ3n) is 2.76. The van der Waals surface area contributed by atoms with Crippen LogP contribution in [0.5, 0.6) is 0 Å². The van der Waals surface area contributed by atoms with E-state index in [0.717, 1.165) is 21.8 Å². The normalized spacial score (nSPS) is 11.0. The van der Waals surface area contributed by atoms with Gasteiger partial charge in [0, 0.05) is 5.75 Å². The number of nitrogens with zero attached hydrogens (tertiary/aromatic N) is 2. The molecular weight excluding hydrogens is 328 g/mol. The lowest BCUT2D eigenvalue weighted by Gasteiger charge is -2.00. The van der Waals surface area contributed by atoms with Gasteiger partial charge in [0.05, 0.1) is 15.8 Å². The number of aromatic nitrogens is 2. The van der Waals surface area contributed by atoms with E-state index in [2.05, 4.69) is 10.2 Å². The van der Waals surface area contributed by atoms with Crippen molar-refractivity contribution in [2.24, 2.45) is 0 Å². The summed E-state index contributed by atoms with van der Waals surface area (Å²) in [7, 11) is 0. The zero-order chi connectivity index (χ0) is 14.7. The number of aliphatic hydroxyl groups excluding tert-OH is 1. The van der Waals surface area contributed by atoms with Gasteiger partial charge in [-0.1, -0.05) is 47.6 Å². The molecule has 0 radical (unpaired) electrons. The lowest BCUT2D eigenvalue weighted by atomic mass is 10.2. The van der Waals surface area contributed by atoms with Gasteiger partial charge in [0.1, 0.15) is 0 Å². The fourth-order valence-corrected chi connectivity index (χ4v) is 3.37. The topological polar surface area (TPSA) is 59.2 Å². The number of thioether (sulfide) groups is 1. The van der Waals surface area contributed by atoms with E-state index in [4.69, 9.17) is 21.1 Å². The molecule has 0 aliphatic heterocycles. The van der Waals surface area contributed by atoms with Gasteiger partial charge in [-0.05, 0) is 23.3 Å². The van der Waals surface area contributed by atoms with E-state index in [1.54, 1.807) is 6.07 Å². The number of rotatable bonds is 5. The Bertz CT molecular complexity index is 725. The highest BCUT2D eigenvalue weighted by molar-refractivity contribution is 7.98. The minimum absolute atomic E-state index is 0.0593. The molecule has 3 rings (SSSR count). The maximum Gasteiger partial charge on any atom is 0.277 e. The van der Waals surface area contributed by atoms with Gasteiger partial charge in [-0.3, -0.25) is 0 Å². The van der Waals surface area contributed by atoms with E-state index in [1.807, 2.05) is 30.3 Å². The number of halogens is 1. The molecular formula is C14H11ClN2O2S2. The van der Waals surface area contributed by atoms with Gasteiger partial charge in [0.25, 0.3) is 11.1 Å². The summed E-state index contributed by atoms with van der Waals surface area (Å²) in [4.78, 5) is 0.867. The standard InChI is InChI=1S/C14H11ClN2O2S2/c15-12-6-5-11(21-12)13-16-17-14(19-13)20-8-10-3-1-9(7-18)2-4-10/h1-6,18H,7-8H2. The first-order valence-electron chi connectivity index (χ1n) is 6.15. The maximum atomic E-state index is 9.00. The van der Waals surface area contributed by atoms with Crippen molar-refractivity contribution in [1.29, 1.82) is 0 Å². The molecule has 0 aliphatic carbocycles. The molecule has 0 fully saturated rings. The average molecular weight is 339 g/mol. The molecule has 108 valence electrons. The van der Waals surface area contributed by atoms with Crippen LogP contribution in [0.15, 0.2) is 46.0 Å². The molecule has 0 unspecified atom stereocenters. The van der Waals surface area contributed by atoms with Crippen molar-refractivity contribution in [3.63, 3.8) is 0 Å². The van der Waals surface area contributed by atoms with Crippen molar-refractivity contribution in [2.45, 2.75) is 17.6 Å². The predicted molar refractivity (Wildman–Crippen MR) is 84.5 cm³/mol. The summed E-state index contributed by atoms with van der Waals surface area (Å²) in [6, 6.07) is 11.4. The zero-order valence-electron chi connectivity index (χ0n) is 10.8. The second-order valence-corrected chi connectivity index (χ2v) is 6.88. The van der Waals surface area contributed by atoms with Crippen LogP contribution in [0.4, 0.5) is 0 Å². The summed E-state index contributed by atoms with van der Waals surface area (Å²) in [5.41, 5.74) is 2.04. The first kappa shape index (κ1) is 14.6. The summed E-state index contributed by atoms with van der Waals surface area (Å²) < 4.78 is 6.30. The predicted octanol–water partition coefficient (Wildman–Crippen LogP) is 4.24. The summed E-state index contributed by atoms with van der Waals surface area (Å²) >= 11 is 8.78. The Morgan fingerprint density at radius 1 is 1.10 bits per heavy atom. The number of hydrogen-bond donors (Lipinski definition) is 1. The van der Waals surface area contributed by atoms with E-state index in [9.17, 15) is 0 Å². The Kier molecular flexibility index (Phi) is 4.60. The van der Waals surface area contributed by atoms with E-state index in [1.165, 1.54) is 23.1 Å². The second kappa shape index (κ2) is 6.62. The summed E-state index contributed by atoms with van der Waals surface area (Å²) in [5.74, 6) is 1.23. The van der Waals surface area contributed by atoms with Crippen LogP contribution >= 0.6 is 34.7 Å². The van der Waals surface area contributed by atoms with Gasteiger partial charge >= 0.3 is 0 Å². The molecule has 2 heterocycles. The van der Waals surface area contributed by atoms with Gasteiger partial charge < -0.3 is 9.52 Å². The minimum atomic E-state index is 0.0593. The number of benzene rings is 1. The van der Waals surface area contributed by atoms with Gasteiger partial charge in [0.15, 0.2) is 0 Å². The summed E-state index contributed by atoms with van der Waals surface area (Å²) in [6.07, 6.45) is 0. The minimum Gasteiger partial charge on any atom is -0.410 e. The van der Waals surface area contributed by atoms with Crippen LogP contribution in [0.25, 0.3) is 10.8 Å². The second-order valence-electron chi connectivity index (χ2n) is 4.24. The van der Waals surface area contributed by atoms with Crippen LogP contribution in [0.3, 0.4) is 0 Å². The molecule has 3 aromatic rings. The average Bonchev–Trinajstić information content (AvgIpc) is 3.14. The van der Waals surface area contributed by atoms with Crippen molar-refractivity contribution in [3.05, 3.63) is 51.9 Å². The van der Waals surface area contributed by atoms with Crippen LogP contribution in [0.1, 0.15) is 11.1 Å². The molecule has 1 N–H and O–H groups in total. The quantitative estimate of drug-likeness (QED) is 0.705. The molecule has 0 spiro atoms. The van der Waals surface area contributed by atoms with E-state index >= 15 is 0 Å². The highest BCUT2D eigenvalue weighted by Gasteiger charge is 2.11. The number of hydrogen-bond acceptors (Lipinski definition) is 6. The van der Waals surface area contributed by atoms with Crippen LogP contribution in [0, 0.1) is 0 Å². The van der Waals surface area contributed by atoms with Gasteiger partial charge in [0.2, 0.25) is 0 Å². The molecule has 0 atom stereocenters. The zero-order valence-corrected chi connectivity index (χ0v) is 13.2. The Balaban J connectivity index is 1.64. The first-order chi connectivity index (χ1) is 10.2. The monoisotopic (exact) mass is 338 g/mol. The van der Waals surface area contributed by atoms with Crippen LogP contribution in [0.2, 0.25) is 4.34 Å². The van der Waals surface area contributed by atoms with Crippen molar-refractivity contribution in [2.75, 3.05) is 0 Å². The van der Waals surface area contributed by atoms with E-state index in [-0.39, 0.29) is 6.61 Å². The maximum absolute atomic E-state index is 9.00. The molecule has 4 nitrogen and oxygen atoms in total. The summed E-state index contributed by atoms with van der Waals surface area (Å²) in [6.45, 7) is 0.0593. The number of aliphatic hydroxyl groups is 1. The Morgan fingerprint density at radius 2 is 1.86 bits per heavy atom. The third kappa shape index (κ3) is 3.65. The fourth-order valence-electron chi connectivity index (χ4n) is 1.68. The molecule has 2 aromatic heterocycles. The number of thiophene rings is 1. The lowest BCUT2D eigenvalue weighted by molar-refractivity contribution is 0.282. The first-order valence-corrected chi connectivity index (χ1v) is 8.33.